The molecule has 100 valence electrons. The van der Waals surface area contributed by atoms with Crippen molar-refractivity contribution in [2.24, 2.45) is 12.2 Å². The first kappa shape index (κ1) is 13.5. The van der Waals surface area contributed by atoms with E-state index in [0.717, 1.165) is 22.3 Å². The summed E-state index contributed by atoms with van der Waals surface area (Å²) in [6.45, 7) is 0. The van der Waals surface area contributed by atoms with E-state index in [1.54, 1.807) is 18.9 Å². The highest BCUT2D eigenvalue weighted by Crippen LogP contribution is 2.16. The van der Waals surface area contributed by atoms with Crippen LogP contribution in [0.15, 0.2) is 40.8 Å². The Morgan fingerprint density at radius 1 is 1.37 bits per heavy atom. The van der Waals surface area contributed by atoms with Gasteiger partial charge in [-0.1, -0.05) is 5.16 Å². The summed E-state index contributed by atoms with van der Waals surface area (Å²) >= 11 is 1.62. The molecule has 0 aliphatic carbocycles. The van der Waals surface area contributed by atoms with E-state index in [0.29, 0.717) is 0 Å². The molecule has 0 bridgehead atoms. The van der Waals surface area contributed by atoms with Gasteiger partial charge in [0, 0.05) is 0 Å². The maximum atomic E-state index is 8.68. The van der Waals surface area contributed by atoms with Crippen LogP contribution in [0, 0.1) is 0 Å². The van der Waals surface area contributed by atoms with Gasteiger partial charge in [-0.25, -0.2) is 4.57 Å². The molecule has 6 heteroatoms. The fourth-order valence-corrected chi connectivity index (χ4v) is 2.62. The van der Waals surface area contributed by atoms with E-state index in [9.17, 15) is 0 Å². The van der Waals surface area contributed by atoms with Crippen molar-refractivity contribution in [3.63, 3.8) is 0 Å². The summed E-state index contributed by atoms with van der Waals surface area (Å²) in [5.74, 6) is 0.822. The van der Waals surface area contributed by atoms with Gasteiger partial charge in [-0.3, -0.25) is 0 Å². The molecule has 5 nitrogen and oxygen atoms in total. The van der Waals surface area contributed by atoms with Crippen LogP contribution in [0.25, 0.3) is 5.69 Å². The molecular formula is C13H16N3O2S+. The quantitative estimate of drug-likeness (QED) is 0.305. The van der Waals surface area contributed by atoms with E-state index < -0.39 is 0 Å². The zero-order chi connectivity index (χ0) is 13.8. The molecule has 0 spiro atoms. The smallest absolute Gasteiger partial charge is 0.323 e. The Hall–Kier alpha value is -1.95. The second-order valence-corrected chi connectivity index (χ2v) is 4.69. The summed E-state index contributed by atoms with van der Waals surface area (Å²) in [7, 11) is 3.58. The second-order valence-electron chi connectivity index (χ2n) is 3.91. The molecule has 0 atom stereocenters. The van der Waals surface area contributed by atoms with Crippen LogP contribution in [0.4, 0.5) is 0 Å². The van der Waals surface area contributed by atoms with E-state index in [1.165, 1.54) is 6.21 Å². The highest BCUT2D eigenvalue weighted by Gasteiger charge is 2.20. The summed E-state index contributed by atoms with van der Waals surface area (Å²) in [4.78, 5) is 0. The summed E-state index contributed by atoms with van der Waals surface area (Å²) in [5, 5.41) is 12.8. The lowest BCUT2D eigenvalue weighted by molar-refractivity contribution is -0.636. The van der Waals surface area contributed by atoms with Crippen LogP contribution in [-0.2, 0) is 7.05 Å². The lowest BCUT2D eigenvalue weighted by atomic mass is 10.3. The third kappa shape index (κ3) is 2.58. The number of rotatable bonds is 4. The van der Waals surface area contributed by atoms with E-state index in [2.05, 4.69) is 5.16 Å². The van der Waals surface area contributed by atoms with Crippen LogP contribution < -0.4 is 9.30 Å². The Balaban J connectivity index is 2.50. The van der Waals surface area contributed by atoms with Crippen molar-refractivity contribution in [1.29, 1.82) is 0 Å². The van der Waals surface area contributed by atoms with Gasteiger partial charge < -0.3 is 9.94 Å². The first-order valence-corrected chi connectivity index (χ1v) is 6.91. The number of thioether (sulfide) groups is 1. The average molecular weight is 278 g/mol. The number of hydrogen-bond donors (Lipinski definition) is 1. The summed E-state index contributed by atoms with van der Waals surface area (Å²) in [6, 6.07) is 7.80. The minimum atomic E-state index is 0.822. The number of nitrogens with zero attached hydrogens (tertiary/aromatic N) is 3. The minimum absolute atomic E-state index is 0.822. The van der Waals surface area contributed by atoms with E-state index in [-0.39, 0.29) is 0 Å². The number of methoxy groups -OCH3 is 1. The van der Waals surface area contributed by atoms with E-state index in [1.807, 2.05) is 52.9 Å². The van der Waals surface area contributed by atoms with Crippen molar-refractivity contribution in [2.75, 3.05) is 13.4 Å². The standard InChI is InChI=1S/C13H15N3O2S/c1-15-11(8-14-17)9-16(13(15)19-3)10-4-6-12(18-2)7-5-10/h4-9H,1-3H3/p+1/b14-8+. The van der Waals surface area contributed by atoms with Gasteiger partial charge >= 0.3 is 5.16 Å². The number of benzene rings is 1. The fraction of sp³-hybridized carbons (Fsp3) is 0.231. The first-order chi connectivity index (χ1) is 9.21. The normalized spacial score (nSPS) is 11.1. The third-order valence-corrected chi connectivity index (χ3v) is 3.70. The van der Waals surface area contributed by atoms with Gasteiger partial charge in [-0.2, -0.15) is 4.57 Å². The molecule has 0 saturated carbocycles. The highest BCUT2D eigenvalue weighted by molar-refractivity contribution is 7.98. The molecule has 0 unspecified atom stereocenters. The monoisotopic (exact) mass is 278 g/mol. The average Bonchev–Trinajstić information content (AvgIpc) is 2.76. The number of hydrogen-bond acceptors (Lipinski definition) is 4. The molecule has 1 heterocycles. The largest absolute Gasteiger partial charge is 0.497 e. The third-order valence-electron chi connectivity index (χ3n) is 2.86. The lowest BCUT2D eigenvalue weighted by Gasteiger charge is -2.01. The van der Waals surface area contributed by atoms with E-state index >= 15 is 0 Å². The van der Waals surface area contributed by atoms with Gasteiger partial charge in [0.05, 0.1) is 14.2 Å². The maximum absolute atomic E-state index is 8.68. The zero-order valence-electron chi connectivity index (χ0n) is 11.1. The molecule has 0 saturated heterocycles. The topological polar surface area (TPSA) is 50.6 Å². The molecule has 1 aromatic heterocycles. The number of oxime groups is 1. The van der Waals surface area contributed by atoms with Crippen LogP contribution >= 0.6 is 11.8 Å². The highest BCUT2D eigenvalue weighted by atomic mass is 32.2. The summed E-state index contributed by atoms with van der Waals surface area (Å²) in [5.41, 5.74) is 1.85. The molecule has 1 N–H and O–H groups in total. The van der Waals surface area contributed by atoms with Crippen molar-refractivity contribution < 1.29 is 14.5 Å². The van der Waals surface area contributed by atoms with Gasteiger partial charge in [0.25, 0.3) is 0 Å². The van der Waals surface area contributed by atoms with Gasteiger partial charge in [-0.05, 0) is 42.3 Å². The molecule has 1 aromatic carbocycles. The Morgan fingerprint density at radius 3 is 2.58 bits per heavy atom. The molecule has 0 amide bonds. The summed E-state index contributed by atoms with van der Waals surface area (Å²) in [6.07, 6.45) is 5.35. The molecule has 0 fully saturated rings. The Kier molecular flexibility index (Phi) is 4.11. The SMILES string of the molecule is COc1ccc(-[n+]2cc(/C=N/O)n(C)c2SC)cc1. The maximum Gasteiger partial charge on any atom is 0.323 e. The summed E-state index contributed by atoms with van der Waals surface area (Å²) < 4.78 is 9.16. The van der Waals surface area contributed by atoms with Gasteiger partial charge in [0.1, 0.15) is 23.8 Å². The zero-order valence-corrected chi connectivity index (χ0v) is 11.9. The fourth-order valence-electron chi connectivity index (χ4n) is 1.89. The van der Waals surface area contributed by atoms with Crippen LogP contribution in [0.1, 0.15) is 5.69 Å². The van der Waals surface area contributed by atoms with Crippen LogP contribution in [0.5, 0.6) is 5.75 Å². The molecule has 2 rings (SSSR count). The van der Waals surface area contributed by atoms with Crippen molar-refractivity contribution in [2.45, 2.75) is 5.16 Å². The van der Waals surface area contributed by atoms with Crippen molar-refractivity contribution in [1.82, 2.24) is 4.57 Å². The molecule has 19 heavy (non-hydrogen) atoms. The van der Waals surface area contributed by atoms with E-state index in [4.69, 9.17) is 9.94 Å². The Bertz CT molecular complexity index is 591. The van der Waals surface area contributed by atoms with Crippen LogP contribution in [0.2, 0.25) is 0 Å². The molecule has 2 aromatic rings. The molecular weight excluding hydrogens is 262 g/mol. The van der Waals surface area contributed by atoms with Gasteiger partial charge in [0.2, 0.25) is 0 Å². The number of imidazole rings is 1. The number of ether oxygens (including phenoxy) is 1. The molecule has 0 aliphatic rings. The predicted molar refractivity (Wildman–Crippen MR) is 74.7 cm³/mol. The van der Waals surface area contributed by atoms with Crippen molar-refractivity contribution in [3.8, 4) is 11.4 Å². The second kappa shape index (κ2) is 5.79. The minimum Gasteiger partial charge on any atom is -0.497 e. The van der Waals surface area contributed by atoms with Crippen molar-refractivity contribution in [3.05, 3.63) is 36.2 Å². The van der Waals surface area contributed by atoms with Crippen LogP contribution in [0.3, 0.4) is 0 Å². The Labute approximate surface area is 116 Å². The van der Waals surface area contributed by atoms with Crippen LogP contribution in [-0.4, -0.2) is 29.4 Å². The lowest BCUT2D eigenvalue weighted by Crippen LogP contribution is -2.31. The van der Waals surface area contributed by atoms with Crippen molar-refractivity contribution >= 4 is 18.0 Å². The van der Waals surface area contributed by atoms with Gasteiger partial charge in [0.15, 0.2) is 5.69 Å². The Morgan fingerprint density at radius 2 is 2.05 bits per heavy atom. The predicted octanol–water partition coefficient (Wildman–Crippen LogP) is 1.84. The van der Waals surface area contributed by atoms with Gasteiger partial charge in [-0.15, -0.1) is 0 Å². The number of aromatic nitrogens is 2. The molecule has 0 radical (unpaired) electrons. The molecule has 0 aliphatic heterocycles. The first-order valence-electron chi connectivity index (χ1n) is 5.68.